The predicted molar refractivity (Wildman–Crippen MR) is 104 cm³/mol. The van der Waals surface area contributed by atoms with Gasteiger partial charge < -0.3 is 10.2 Å². The Balaban J connectivity index is 0.00000576. The molecule has 11 heteroatoms. The first-order chi connectivity index (χ1) is 11.0. The molecular weight excluding hydrogens is 472 g/mol. The van der Waals surface area contributed by atoms with E-state index in [4.69, 9.17) is 0 Å². The van der Waals surface area contributed by atoms with E-state index in [0.717, 1.165) is 0 Å². The third-order valence-corrected chi connectivity index (χ3v) is 4.94. The van der Waals surface area contributed by atoms with Gasteiger partial charge in [-0.2, -0.15) is 13.2 Å². The highest BCUT2D eigenvalue weighted by Gasteiger charge is 2.41. The summed E-state index contributed by atoms with van der Waals surface area (Å²) in [6, 6.07) is -1.45. The Kier molecular flexibility index (Phi) is 10.6. The number of aliphatic imine (C=N–C) groups is 1. The van der Waals surface area contributed by atoms with E-state index in [1.165, 1.54) is 18.1 Å². The fraction of sp³-hybridized carbons (Fsp3) is 0.929. The summed E-state index contributed by atoms with van der Waals surface area (Å²) in [6.45, 7) is 5.65. The van der Waals surface area contributed by atoms with E-state index in [2.05, 4.69) is 10.3 Å². The van der Waals surface area contributed by atoms with Crippen LogP contribution >= 0.6 is 24.0 Å². The van der Waals surface area contributed by atoms with Crippen LogP contribution in [0.25, 0.3) is 0 Å². The van der Waals surface area contributed by atoms with E-state index < -0.39 is 22.1 Å². The largest absolute Gasteiger partial charge is 0.403 e. The molecule has 1 unspecified atom stereocenters. The summed E-state index contributed by atoms with van der Waals surface area (Å²) in [5, 5.41) is 3.11. The lowest BCUT2D eigenvalue weighted by molar-refractivity contribution is -0.181. The quantitative estimate of drug-likeness (QED) is 0.260. The van der Waals surface area contributed by atoms with Gasteiger partial charge in [0, 0.05) is 45.5 Å². The predicted octanol–water partition coefficient (Wildman–Crippen LogP) is 1.57. The standard InChI is InChI=1S/C14H27F3N4O2S.HI/c1-4-18-13(19-6-5-11-24(3,22)23)21-9-7-20(8-10-21)12(2)14(15,16)17;/h12H,4-11H2,1-3H3,(H,18,19);1H. The van der Waals surface area contributed by atoms with Crippen molar-refractivity contribution in [2.75, 3.05) is 51.3 Å². The zero-order valence-electron chi connectivity index (χ0n) is 14.8. The number of hydrogen-bond acceptors (Lipinski definition) is 4. The molecule has 0 aliphatic carbocycles. The Labute approximate surface area is 165 Å². The third kappa shape index (κ3) is 9.27. The van der Waals surface area contributed by atoms with Gasteiger partial charge in [-0.3, -0.25) is 9.89 Å². The Morgan fingerprint density at radius 3 is 2.24 bits per heavy atom. The van der Waals surface area contributed by atoms with Crippen molar-refractivity contribution in [3.8, 4) is 0 Å². The number of alkyl halides is 3. The topological polar surface area (TPSA) is 65.0 Å². The minimum atomic E-state index is -4.22. The van der Waals surface area contributed by atoms with Gasteiger partial charge in [0.25, 0.3) is 0 Å². The molecule has 150 valence electrons. The second-order valence-electron chi connectivity index (χ2n) is 5.96. The van der Waals surface area contributed by atoms with Crippen LogP contribution in [-0.2, 0) is 9.84 Å². The summed E-state index contributed by atoms with van der Waals surface area (Å²) >= 11 is 0. The number of halogens is 4. The van der Waals surface area contributed by atoms with Crippen LogP contribution in [0.4, 0.5) is 13.2 Å². The molecule has 0 aromatic rings. The van der Waals surface area contributed by atoms with Crippen molar-refractivity contribution in [2.45, 2.75) is 32.5 Å². The molecule has 1 rings (SSSR count). The molecule has 0 aromatic carbocycles. The normalized spacial score (nSPS) is 18.6. The first-order valence-corrected chi connectivity index (χ1v) is 10.1. The van der Waals surface area contributed by atoms with Gasteiger partial charge in [0.15, 0.2) is 5.96 Å². The molecule has 25 heavy (non-hydrogen) atoms. The minimum Gasteiger partial charge on any atom is -0.357 e. The molecule has 0 amide bonds. The van der Waals surface area contributed by atoms with Crippen molar-refractivity contribution in [1.29, 1.82) is 0 Å². The van der Waals surface area contributed by atoms with Gasteiger partial charge in [-0.1, -0.05) is 0 Å². The van der Waals surface area contributed by atoms with Crippen molar-refractivity contribution in [1.82, 2.24) is 15.1 Å². The van der Waals surface area contributed by atoms with Crippen LogP contribution < -0.4 is 5.32 Å². The van der Waals surface area contributed by atoms with Crippen molar-refractivity contribution in [3.63, 3.8) is 0 Å². The molecule has 0 bridgehead atoms. The fourth-order valence-electron chi connectivity index (χ4n) is 2.47. The number of rotatable bonds is 6. The molecule has 0 aromatic heterocycles. The lowest BCUT2D eigenvalue weighted by Gasteiger charge is -2.39. The summed E-state index contributed by atoms with van der Waals surface area (Å²) in [5.74, 6) is 0.706. The second-order valence-corrected chi connectivity index (χ2v) is 8.22. The van der Waals surface area contributed by atoms with Crippen molar-refractivity contribution in [2.24, 2.45) is 4.99 Å². The third-order valence-electron chi connectivity index (χ3n) is 3.90. The molecular formula is C14H28F3IN4O2S. The monoisotopic (exact) mass is 500 g/mol. The van der Waals surface area contributed by atoms with E-state index >= 15 is 0 Å². The van der Waals surface area contributed by atoms with Crippen LogP contribution in [0, 0.1) is 0 Å². The van der Waals surface area contributed by atoms with Crippen LogP contribution in [0.15, 0.2) is 4.99 Å². The summed E-state index contributed by atoms with van der Waals surface area (Å²) in [5.41, 5.74) is 0. The maximum absolute atomic E-state index is 12.8. The number of guanidine groups is 1. The lowest BCUT2D eigenvalue weighted by Crippen LogP contribution is -2.56. The first-order valence-electron chi connectivity index (χ1n) is 8.06. The second kappa shape index (κ2) is 10.8. The number of nitrogens with zero attached hydrogens (tertiary/aromatic N) is 3. The van der Waals surface area contributed by atoms with Gasteiger partial charge in [0.1, 0.15) is 15.9 Å². The Hall–Kier alpha value is -0.300. The summed E-state index contributed by atoms with van der Waals surface area (Å²) < 4.78 is 60.5. The summed E-state index contributed by atoms with van der Waals surface area (Å²) in [6.07, 6.45) is -2.60. The minimum absolute atomic E-state index is 0. The van der Waals surface area contributed by atoms with Crippen molar-refractivity contribution >= 4 is 39.8 Å². The number of sulfone groups is 1. The lowest BCUT2D eigenvalue weighted by atomic mass is 10.2. The van der Waals surface area contributed by atoms with E-state index in [1.54, 1.807) is 0 Å². The highest BCUT2D eigenvalue weighted by Crippen LogP contribution is 2.25. The smallest absolute Gasteiger partial charge is 0.357 e. The molecule has 1 saturated heterocycles. The average Bonchev–Trinajstić information content (AvgIpc) is 2.48. The van der Waals surface area contributed by atoms with E-state index in [0.29, 0.717) is 51.6 Å². The molecule has 1 atom stereocenters. The van der Waals surface area contributed by atoms with Gasteiger partial charge in [-0.15, -0.1) is 24.0 Å². The molecule has 1 aliphatic rings. The Bertz CT molecular complexity index is 521. The van der Waals surface area contributed by atoms with Crippen LogP contribution in [0.3, 0.4) is 0 Å². The zero-order valence-corrected chi connectivity index (χ0v) is 18.0. The molecule has 1 N–H and O–H groups in total. The number of hydrogen-bond donors (Lipinski definition) is 1. The molecule has 0 saturated carbocycles. The number of nitrogens with one attached hydrogen (secondary N) is 1. The van der Waals surface area contributed by atoms with Gasteiger partial charge >= 0.3 is 6.18 Å². The molecule has 1 fully saturated rings. The fourth-order valence-corrected chi connectivity index (χ4v) is 3.12. The van der Waals surface area contributed by atoms with Crippen LogP contribution in [0.5, 0.6) is 0 Å². The average molecular weight is 500 g/mol. The molecule has 1 heterocycles. The SMILES string of the molecule is CCNC(=NCCCS(C)(=O)=O)N1CCN(C(C)C(F)(F)F)CC1.I. The Morgan fingerprint density at radius 2 is 1.80 bits per heavy atom. The van der Waals surface area contributed by atoms with Gasteiger partial charge in [0.05, 0.1) is 5.75 Å². The van der Waals surface area contributed by atoms with Crippen LogP contribution in [0.2, 0.25) is 0 Å². The molecule has 0 radical (unpaired) electrons. The van der Waals surface area contributed by atoms with Gasteiger partial charge in [-0.05, 0) is 20.3 Å². The van der Waals surface area contributed by atoms with Crippen LogP contribution in [-0.4, -0.2) is 87.7 Å². The number of piperazine rings is 1. The molecule has 6 nitrogen and oxygen atoms in total. The molecule has 0 spiro atoms. The van der Waals surface area contributed by atoms with Gasteiger partial charge in [-0.25, -0.2) is 8.42 Å². The first kappa shape index (κ1) is 24.7. The van der Waals surface area contributed by atoms with Crippen molar-refractivity contribution in [3.05, 3.63) is 0 Å². The zero-order chi connectivity index (χ0) is 18.4. The highest BCUT2D eigenvalue weighted by molar-refractivity contribution is 14.0. The maximum atomic E-state index is 12.8. The Morgan fingerprint density at radius 1 is 1.24 bits per heavy atom. The van der Waals surface area contributed by atoms with Crippen molar-refractivity contribution < 1.29 is 21.6 Å². The van der Waals surface area contributed by atoms with E-state index in [9.17, 15) is 21.6 Å². The summed E-state index contributed by atoms with van der Waals surface area (Å²) in [7, 11) is -3.01. The van der Waals surface area contributed by atoms with E-state index in [-0.39, 0.29) is 29.7 Å². The van der Waals surface area contributed by atoms with Gasteiger partial charge in [0.2, 0.25) is 0 Å². The van der Waals surface area contributed by atoms with E-state index in [1.807, 2.05) is 11.8 Å². The highest BCUT2D eigenvalue weighted by atomic mass is 127. The summed E-state index contributed by atoms with van der Waals surface area (Å²) in [4.78, 5) is 7.73. The van der Waals surface area contributed by atoms with Crippen LogP contribution in [0.1, 0.15) is 20.3 Å². The maximum Gasteiger partial charge on any atom is 0.403 e. The molecule has 1 aliphatic heterocycles.